The van der Waals surface area contributed by atoms with Crippen molar-refractivity contribution in [2.75, 3.05) is 13.1 Å². The van der Waals surface area contributed by atoms with Crippen molar-refractivity contribution in [1.29, 1.82) is 0 Å². The molecule has 0 unspecified atom stereocenters. The molecule has 1 aliphatic heterocycles. The highest BCUT2D eigenvalue weighted by Crippen LogP contribution is 2.21. The van der Waals surface area contributed by atoms with E-state index in [1.165, 1.54) is 12.1 Å². The molecule has 1 atom stereocenters. The monoisotopic (exact) mass is 386 g/mol. The Kier molecular flexibility index (Phi) is 6.11. The zero-order chi connectivity index (χ0) is 20.3. The predicted molar refractivity (Wildman–Crippen MR) is 104 cm³/mol. The summed E-state index contributed by atoms with van der Waals surface area (Å²) in [5.41, 5.74) is 1.81. The van der Waals surface area contributed by atoms with Crippen molar-refractivity contribution in [3.63, 3.8) is 0 Å². The number of halogens is 1. The SMILES string of the molecule is Cc1ccnn1CC(=O)N1CCC(=O)N(Cc2ccc(F)cc2)[C@@H](C(C)C)C1. The number of carbonyl (C=O) groups is 2. The number of hydrogen-bond acceptors (Lipinski definition) is 3. The van der Waals surface area contributed by atoms with Crippen LogP contribution in [0.4, 0.5) is 4.39 Å². The van der Waals surface area contributed by atoms with Gasteiger partial charge in [0, 0.05) is 37.9 Å². The summed E-state index contributed by atoms with van der Waals surface area (Å²) in [7, 11) is 0. The van der Waals surface area contributed by atoms with Crippen molar-refractivity contribution in [3.05, 3.63) is 53.6 Å². The van der Waals surface area contributed by atoms with Crippen molar-refractivity contribution < 1.29 is 14.0 Å². The number of benzene rings is 1. The van der Waals surface area contributed by atoms with Gasteiger partial charge in [0.05, 0.1) is 6.04 Å². The molecule has 7 heteroatoms. The van der Waals surface area contributed by atoms with Crippen LogP contribution in [0.25, 0.3) is 0 Å². The summed E-state index contributed by atoms with van der Waals surface area (Å²) in [6.07, 6.45) is 1.96. The van der Waals surface area contributed by atoms with E-state index in [0.717, 1.165) is 11.3 Å². The van der Waals surface area contributed by atoms with Gasteiger partial charge in [-0.15, -0.1) is 0 Å². The third-order valence-electron chi connectivity index (χ3n) is 5.33. The van der Waals surface area contributed by atoms with Crippen molar-refractivity contribution in [2.24, 2.45) is 5.92 Å². The topological polar surface area (TPSA) is 58.4 Å². The molecule has 150 valence electrons. The summed E-state index contributed by atoms with van der Waals surface area (Å²) in [5.74, 6) is -0.122. The molecule has 0 saturated carbocycles. The van der Waals surface area contributed by atoms with Crippen LogP contribution in [0.3, 0.4) is 0 Å². The number of aromatic nitrogens is 2. The highest BCUT2D eigenvalue weighted by atomic mass is 19.1. The largest absolute Gasteiger partial charge is 0.338 e. The van der Waals surface area contributed by atoms with Gasteiger partial charge in [-0.3, -0.25) is 14.3 Å². The van der Waals surface area contributed by atoms with Gasteiger partial charge in [-0.05, 0) is 36.6 Å². The molecular weight excluding hydrogens is 359 g/mol. The molecule has 0 N–H and O–H groups in total. The van der Waals surface area contributed by atoms with E-state index in [1.807, 2.05) is 17.9 Å². The Morgan fingerprint density at radius 1 is 1.25 bits per heavy atom. The van der Waals surface area contributed by atoms with Gasteiger partial charge in [-0.25, -0.2) is 4.39 Å². The van der Waals surface area contributed by atoms with E-state index in [2.05, 4.69) is 18.9 Å². The minimum Gasteiger partial charge on any atom is -0.338 e. The molecule has 0 radical (unpaired) electrons. The number of rotatable bonds is 5. The van der Waals surface area contributed by atoms with Crippen LogP contribution in [0, 0.1) is 18.7 Å². The second kappa shape index (κ2) is 8.54. The molecule has 2 aromatic rings. The Morgan fingerprint density at radius 3 is 2.57 bits per heavy atom. The van der Waals surface area contributed by atoms with E-state index in [9.17, 15) is 14.0 Å². The molecule has 2 amide bonds. The fourth-order valence-corrected chi connectivity index (χ4v) is 3.56. The summed E-state index contributed by atoms with van der Waals surface area (Å²) in [6, 6.07) is 7.99. The van der Waals surface area contributed by atoms with E-state index in [4.69, 9.17) is 0 Å². The quantitative estimate of drug-likeness (QED) is 0.794. The molecule has 0 spiro atoms. The number of carbonyl (C=O) groups excluding carboxylic acids is 2. The Morgan fingerprint density at radius 2 is 1.96 bits per heavy atom. The van der Waals surface area contributed by atoms with E-state index in [-0.39, 0.29) is 42.6 Å². The summed E-state index contributed by atoms with van der Waals surface area (Å²) >= 11 is 0. The lowest BCUT2D eigenvalue weighted by Gasteiger charge is -2.34. The third kappa shape index (κ3) is 4.58. The molecule has 1 aromatic carbocycles. The van der Waals surface area contributed by atoms with Crippen LogP contribution in [-0.4, -0.2) is 50.5 Å². The summed E-state index contributed by atoms with van der Waals surface area (Å²) in [5, 5.41) is 4.18. The lowest BCUT2D eigenvalue weighted by atomic mass is 10.0. The first-order valence-corrected chi connectivity index (χ1v) is 9.65. The second-order valence-electron chi connectivity index (χ2n) is 7.68. The van der Waals surface area contributed by atoms with Gasteiger partial charge in [0.25, 0.3) is 0 Å². The first kappa shape index (κ1) is 20.0. The van der Waals surface area contributed by atoms with Crippen LogP contribution >= 0.6 is 0 Å². The molecule has 1 saturated heterocycles. The van der Waals surface area contributed by atoms with Crippen LogP contribution < -0.4 is 0 Å². The number of hydrogen-bond donors (Lipinski definition) is 0. The fraction of sp³-hybridized carbons (Fsp3) is 0.476. The number of amides is 2. The number of nitrogens with zero attached hydrogens (tertiary/aromatic N) is 4. The van der Waals surface area contributed by atoms with Gasteiger partial charge >= 0.3 is 0 Å². The predicted octanol–water partition coefficient (Wildman–Crippen LogP) is 2.62. The average Bonchev–Trinajstić information content (AvgIpc) is 2.97. The Bertz CT molecular complexity index is 831. The minimum atomic E-state index is -0.294. The average molecular weight is 386 g/mol. The fourth-order valence-electron chi connectivity index (χ4n) is 3.56. The molecule has 1 aliphatic rings. The van der Waals surface area contributed by atoms with E-state index in [1.54, 1.807) is 27.9 Å². The summed E-state index contributed by atoms with van der Waals surface area (Å²) < 4.78 is 14.9. The molecule has 0 bridgehead atoms. The Labute approximate surface area is 164 Å². The molecule has 28 heavy (non-hydrogen) atoms. The summed E-state index contributed by atoms with van der Waals surface area (Å²) in [6.45, 7) is 7.51. The standard InChI is InChI=1S/C21H27FN4O2/c1-15(2)19-13-24(21(28)14-26-16(3)8-10-23-26)11-9-20(27)25(19)12-17-4-6-18(22)7-5-17/h4-8,10,15,19H,9,11-14H2,1-3H3/t19-/m1/s1. The molecule has 2 heterocycles. The van der Waals surface area contributed by atoms with Crippen LogP contribution in [0.1, 0.15) is 31.5 Å². The number of aryl methyl sites for hydroxylation is 1. The van der Waals surface area contributed by atoms with Crippen LogP contribution in [0.5, 0.6) is 0 Å². The molecule has 1 aromatic heterocycles. The maximum absolute atomic E-state index is 13.2. The molecule has 3 rings (SSSR count). The second-order valence-corrected chi connectivity index (χ2v) is 7.68. The van der Waals surface area contributed by atoms with Gasteiger partial charge in [0.2, 0.25) is 11.8 Å². The van der Waals surface area contributed by atoms with E-state index in [0.29, 0.717) is 19.6 Å². The summed E-state index contributed by atoms with van der Waals surface area (Å²) in [4.78, 5) is 29.3. The van der Waals surface area contributed by atoms with Gasteiger partial charge < -0.3 is 9.80 Å². The van der Waals surface area contributed by atoms with Gasteiger partial charge in [-0.1, -0.05) is 26.0 Å². The van der Waals surface area contributed by atoms with Crippen LogP contribution in [0.15, 0.2) is 36.5 Å². The van der Waals surface area contributed by atoms with Gasteiger partial charge in [0.1, 0.15) is 12.4 Å². The highest BCUT2D eigenvalue weighted by molar-refractivity contribution is 5.80. The molecular formula is C21H27FN4O2. The minimum absolute atomic E-state index is 0.0218. The zero-order valence-electron chi connectivity index (χ0n) is 16.6. The van der Waals surface area contributed by atoms with Crippen LogP contribution in [-0.2, 0) is 22.7 Å². The normalized spacial score (nSPS) is 17.9. The van der Waals surface area contributed by atoms with Crippen LogP contribution in [0.2, 0.25) is 0 Å². The third-order valence-corrected chi connectivity index (χ3v) is 5.33. The maximum Gasteiger partial charge on any atom is 0.244 e. The smallest absolute Gasteiger partial charge is 0.244 e. The van der Waals surface area contributed by atoms with E-state index >= 15 is 0 Å². The molecule has 1 fully saturated rings. The van der Waals surface area contributed by atoms with Gasteiger partial charge in [0.15, 0.2) is 0 Å². The lowest BCUT2D eigenvalue weighted by molar-refractivity contribution is -0.134. The van der Waals surface area contributed by atoms with Crippen molar-refractivity contribution >= 4 is 11.8 Å². The van der Waals surface area contributed by atoms with Crippen molar-refractivity contribution in [2.45, 2.75) is 46.3 Å². The first-order valence-electron chi connectivity index (χ1n) is 9.65. The van der Waals surface area contributed by atoms with Gasteiger partial charge in [-0.2, -0.15) is 5.10 Å². The van der Waals surface area contributed by atoms with Crippen molar-refractivity contribution in [1.82, 2.24) is 19.6 Å². The highest BCUT2D eigenvalue weighted by Gasteiger charge is 2.33. The Balaban J connectivity index is 1.76. The van der Waals surface area contributed by atoms with E-state index < -0.39 is 0 Å². The zero-order valence-corrected chi connectivity index (χ0v) is 16.6. The van der Waals surface area contributed by atoms with Crippen molar-refractivity contribution in [3.8, 4) is 0 Å². The maximum atomic E-state index is 13.2. The Hall–Kier alpha value is -2.70. The molecule has 6 nitrogen and oxygen atoms in total. The first-order chi connectivity index (χ1) is 13.3. The molecule has 0 aliphatic carbocycles. The lowest BCUT2D eigenvalue weighted by Crippen LogP contribution is -2.47.